The average molecular weight is 470 g/mol. The largest absolute Gasteiger partial charge is 0.331 e. The Bertz CT molecular complexity index is 1280. The Labute approximate surface area is 193 Å². The number of carbonyl (C=O) groups excluding carboxylic acids is 2. The van der Waals surface area contributed by atoms with Crippen molar-refractivity contribution >= 4 is 38.9 Å². The molecule has 10 heteroatoms. The van der Waals surface area contributed by atoms with E-state index < -0.39 is 21.8 Å². The highest BCUT2D eigenvalue weighted by molar-refractivity contribution is 7.89. The predicted octanol–water partition coefficient (Wildman–Crippen LogP) is 2.01. The lowest BCUT2D eigenvalue weighted by Gasteiger charge is -2.18. The van der Waals surface area contributed by atoms with Crippen LogP contribution in [0.5, 0.6) is 0 Å². The Morgan fingerprint density at radius 2 is 1.70 bits per heavy atom. The maximum absolute atomic E-state index is 12.5. The van der Waals surface area contributed by atoms with Crippen molar-refractivity contribution in [3.8, 4) is 0 Å². The summed E-state index contributed by atoms with van der Waals surface area (Å²) in [7, 11) is -1.70. The van der Waals surface area contributed by atoms with Crippen LogP contribution in [0.25, 0.3) is 17.1 Å². The SMILES string of the molecule is CCN(CC)S(=O)(=O)c1ccc(/C=C/C(=O)NNC(=O)Cc2nc3ccccc3n2C)cc1. The lowest BCUT2D eigenvalue weighted by molar-refractivity contribution is -0.126. The van der Waals surface area contributed by atoms with Crippen molar-refractivity contribution in [2.24, 2.45) is 7.05 Å². The summed E-state index contributed by atoms with van der Waals surface area (Å²) in [5, 5.41) is 0. The molecule has 0 aliphatic heterocycles. The first kappa shape index (κ1) is 24.1. The Balaban J connectivity index is 1.54. The fraction of sp³-hybridized carbons (Fsp3) is 0.261. The lowest BCUT2D eigenvalue weighted by Crippen LogP contribution is -2.41. The number of hydrogen-bond acceptors (Lipinski definition) is 5. The van der Waals surface area contributed by atoms with Crippen LogP contribution < -0.4 is 10.9 Å². The number of benzene rings is 2. The fourth-order valence-corrected chi connectivity index (χ4v) is 4.81. The van der Waals surface area contributed by atoms with Gasteiger partial charge in [0.2, 0.25) is 15.9 Å². The van der Waals surface area contributed by atoms with E-state index in [1.807, 2.05) is 35.9 Å². The first-order chi connectivity index (χ1) is 15.8. The molecular formula is C23H27N5O4S. The van der Waals surface area contributed by atoms with E-state index in [0.717, 1.165) is 11.0 Å². The van der Waals surface area contributed by atoms with Crippen LogP contribution in [-0.4, -0.2) is 47.2 Å². The molecule has 0 spiro atoms. The molecule has 0 aliphatic rings. The summed E-state index contributed by atoms with van der Waals surface area (Å²) in [5.74, 6) is -0.340. The predicted molar refractivity (Wildman–Crippen MR) is 126 cm³/mol. The standard InChI is InChI=1S/C23H27N5O4S/c1-4-28(5-2)33(31,32)18-13-10-17(11-14-18)12-15-22(29)25-26-23(30)16-21-24-19-8-6-7-9-20(19)27(21)3/h6-15H,4-5,16H2,1-3H3,(H,25,29)(H,26,30)/b15-12+. The highest BCUT2D eigenvalue weighted by atomic mass is 32.2. The molecule has 2 aromatic carbocycles. The van der Waals surface area contributed by atoms with Crippen LogP contribution in [0.4, 0.5) is 0 Å². The van der Waals surface area contributed by atoms with E-state index in [2.05, 4.69) is 15.8 Å². The molecule has 33 heavy (non-hydrogen) atoms. The monoisotopic (exact) mass is 469 g/mol. The van der Waals surface area contributed by atoms with Crippen molar-refractivity contribution in [3.05, 3.63) is 66.0 Å². The summed E-state index contributed by atoms with van der Waals surface area (Å²) in [6.07, 6.45) is 2.79. The molecule has 0 bridgehead atoms. The molecule has 1 aromatic heterocycles. The number of aryl methyl sites for hydroxylation is 1. The van der Waals surface area contributed by atoms with E-state index >= 15 is 0 Å². The third-order valence-corrected chi connectivity index (χ3v) is 7.24. The molecule has 2 amide bonds. The van der Waals surface area contributed by atoms with Gasteiger partial charge in [-0.2, -0.15) is 4.31 Å². The molecule has 0 aliphatic carbocycles. The number of nitrogens with one attached hydrogen (secondary N) is 2. The van der Waals surface area contributed by atoms with Crippen molar-refractivity contribution < 1.29 is 18.0 Å². The average Bonchev–Trinajstić information content (AvgIpc) is 3.12. The van der Waals surface area contributed by atoms with E-state index in [0.29, 0.717) is 24.5 Å². The van der Waals surface area contributed by atoms with Crippen LogP contribution in [0.1, 0.15) is 25.2 Å². The van der Waals surface area contributed by atoms with E-state index in [9.17, 15) is 18.0 Å². The topological polar surface area (TPSA) is 113 Å². The van der Waals surface area contributed by atoms with Crippen LogP contribution in [0.2, 0.25) is 0 Å². The minimum Gasteiger partial charge on any atom is -0.331 e. The zero-order valence-corrected chi connectivity index (χ0v) is 19.6. The smallest absolute Gasteiger partial charge is 0.262 e. The third kappa shape index (κ3) is 5.65. The highest BCUT2D eigenvalue weighted by Crippen LogP contribution is 2.17. The number of hydrazine groups is 1. The number of hydrogen-bond donors (Lipinski definition) is 2. The molecule has 0 saturated carbocycles. The summed E-state index contributed by atoms with van der Waals surface area (Å²) >= 11 is 0. The van der Waals surface area contributed by atoms with E-state index in [4.69, 9.17) is 0 Å². The normalized spacial score (nSPS) is 11.9. The van der Waals surface area contributed by atoms with Gasteiger partial charge in [0.25, 0.3) is 5.91 Å². The summed E-state index contributed by atoms with van der Waals surface area (Å²) < 4.78 is 28.3. The first-order valence-electron chi connectivity index (χ1n) is 10.5. The van der Waals surface area contributed by atoms with Crippen molar-refractivity contribution in [2.75, 3.05) is 13.1 Å². The number of fused-ring (bicyclic) bond motifs is 1. The molecule has 3 aromatic rings. The molecule has 0 radical (unpaired) electrons. The van der Waals surface area contributed by atoms with Gasteiger partial charge in [-0.15, -0.1) is 0 Å². The summed E-state index contributed by atoms with van der Waals surface area (Å²) in [6.45, 7) is 4.36. The maximum Gasteiger partial charge on any atom is 0.262 e. The van der Waals surface area contributed by atoms with Gasteiger partial charge in [0.1, 0.15) is 5.82 Å². The Hall–Kier alpha value is -3.50. The van der Waals surface area contributed by atoms with E-state index in [1.165, 1.54) is 28.6 Å². The van der Waals surface area contributed by atoms with Crippen LogP contribution in [0.3, 0.4) is 0 Å². The molecule has 2 N–H and O–H groups in total. The third-order valence-electron chi connectivity index (χ3n) is 5.17. The van der Waals surface area contributed by atoms with Gasteiger partial charge in [-0.25, -0.2) is 13.4 Å². The van der Waals surface area contributed by atoms with Gasteiger partial charge in [0.05, 0.1) is 22.3 Å². The van der Waals surface area contributed by atoms with Crippen molar-refractivity contribution in [1.29, 1.82) is 0 Å². The molecule has 0 fully saturated rings. The first-order valence-corrected chi connectivity index (χ1v) is 12.0. The fourth-order valence-electron chi connectivity index (χ4n) is 3.35. The molecule has 3 rings (SSSR count). The number of carbonyl (C=O) groups is 2. The van der Waals surface area contributed by atoms with Crippen molar-refractivity contribution in [1.82, 2.24) is 24.7 Å². The quantitative estimate of drug-likeness (QED) is 0.387. The van der Waals surface area contributed by atoms with Crippen LogP contribution in [0.15, 0.2) is 59.5 Å². The lowest BCUT2D eigenvalue weighted by atomic mass is 10.2. The number of aromatic nitrogens is 2. The van der Waals surface area contributed by atoms with Crippen LogP contribution >= 0.6 is 0 Å². The van der Waals surface area contributed by atoms with Gasteiger partial charge in [-0.3, -0.25) is 20.4 Å². The van der Waals surface area contributed by atoms with E-state index in [-0.39, 0.29) is 11.3 Å². The molecule has 1 heterocycles. The maximum atomic E-state index is 12.5. The molecular weight excluding hydrogens is 442 g/mol. The van der Waals surface area contributed by atoms with Crippen molar-refractivity contribution in [2.45, 2.75) is 25.2 Å². The highest BCUT2D eigenvalue weighted by Gasteiger charge is 2.21. The zero-order chi connectivity index (χ0) is 24.0. The molecule has 0 saturated heterocycles. The second-order valence-electron chi connectivity index (χ2n) is 7.28. The number of imidazole rings is 1. The second kappa shape index (κ2) is 10.4. The van der Waals surface area contributed by atoms with E-state index in [1.54, 1.807) is 26.0 Å². The minimum atomic E-state index is -3.53. The summed E-state index contributed by atoms with van der Waals surface area (Å²) in [6, 6.07) is 13.8. The molecule has 0 unspecified atom stereocenters. The molecule has 9 nitrogen and oxygen atoms in total. The molecule has 174 valence electrons. The van der Waals surface area contributed by atoms with Gasteiger partial charge >= 0.3 is 0 Å². The number of nitrogens with zero attached hydrogens (tertiary/aromatic N) is 3. The van der Waals surface area contributed by atoms with Gasteiger partial charge < -0.3 is 4.57 Å². The Morgan fingerprint density at radius 1 is 1.03 bits per heavy atom. The Morgan fingerprint density at radius 3 is 2.33 bits per heavy atom. The van der Waals surface area contributed by atoms with Gasteiger partial charge in [-0.1, -0.05) is 38.1 Å². The molecule has 0 atom stereocenters. The van der Waals surface area contributed by atoms with Gasteiger partial charge in [-0.05, 0) is 35.9 Å². The van der Waals surface area contributed by atoms with Crippen LogP contribution in [-0.2, 0) is 33.1 Å². The van der Waals surface area contributed by atoms with Crippen molar-refractivity contribution in [3.63, 3.8) is 0 Å². The number of sulfonamides is 1. The number of amides is 2. The zero-order valence-electron chi connectivity index (χ0n) is 18.8. The van der Waals surface area contributed by atoms with Gasteiger partial charge in [0, 0.05) is 26.2 Å². The van der Waals surface area contributed by atoms with Crippen LogP contribution in [0, 0.1) is 0 Å². The summed E-state index contributed by atoms with van der Waals surface area (Å²) in [5.41, 5.74) is 7.06. The van der Waals surface area contributed by atoms with Gasteiger partial charge in [0.15, 0.2) is 0 Å². The number of para-hydroxylation sites is 2. The second-order valence-corrected chi connectivity index (χ2v) is 9.22. The Kier molecular flexibility index (Phi) is 7.62. The minimum absolute atomic E-state index is 0.0116. The summed E-state index contributed by atoms with van der Waals surface area (Å²) in [4.78, 5) is 28.9. The number of rotatable bonds is 8.